The van der Waals surface area contributed by atoms with Crippen molar-refractivity contribution in [3.8, 4) is 0 Å². The fourth-order valence-corrected chi connectivity index (χ4v) is 2.53. The molecule has 2 heterocycles. The van der Waals surface area contributed by atoms with Gasteiger partial charge in [-0.2, -0.15) is 18.9 Å². The molecule has 0 aliphatic carbocycles. The SMILES string of the molecule is CSCC[C@H](N)C(=O)[O-].C[O-].[Cu+2].c1cnc2c(c1)ccc1cccnc12. The molecule has 1 aromatic carbocycles. The van der Waals surface area contributed by atoms with Gasteiger partial charge < -0.3 is 20.7 Å². The normalized spacial score (nSPS) is 10.6. The second-order valence-corrected chi connectivity index (χ2v) is 5.91. The van der Waals surface area contributed by atoms with Crippen LogP contribution in [0.4, 0.5) is 0 Å². The van der Waals surface area contributed by atoms with Crippen molar-refractivity contribution in [2.24, 2.45) is 5.73 Å². The third kappa shape index (κ3) is 7.27. The van der Waals surface area contributed by atoms with Crippen molar-refractivity contribution in [1.82, 2.24) is 9.97 Å². The Labute approximate surface area is 167 Å². The number of nitrogens with zero attached hydrogens (tertiary/aromatic N) is 2. The first-order valence-corrected chi connectivity index (χ1v) is 8.97. The molecular formula is C18H21CuN3O3S. The Bertz CT molecular complexity index is 750. The van der Waals surface area contributed by atoms with Crippen molar-refractivity contribution in [1.29, 1.82) is 0 Å². The van der Waals surface area contributed by atoms with E-state index in [1.165, 1.54) is 0 Å². The minimum Gasteiger partial charge on any atom is -0.857 e. The van der Waals surface area contributed by atoms with Crippen molar-refractivity contribution in [2.75, 3.05) is 19.1 Å². The molecule has 0 saturated heterocycles. The summed E-state index contributed by atoms with van der Waals surface area (Å²) in [5.74, 6) is -0.390. The summed E-state index contributed by atoms with van der Waals surface area (Å²) in [5, 5.41) is 20.5. The molecule has 143 valence electrons. The molecule has 1 atom stereocenters. The monoisotopic (exact) mass is 422 g/mol. The van der Waals surface area contributed by atoms with Crippen LogP contribution < -0.4 is 15.9 Å². The fraction of sp³-hybridized carbons (Fsp3) is 0.278. The smallest absolute Gasteiger partial charge is 0.857 e. The molecule has 0 spiro atoms. The molecule has 0 bridgehead atoms. The molecule has 2 N–H and O–H groups in total. The zero-order valence-electron chi connectivity index (χ0n) is 14.5. The number of rotatable bonds is 4. The predicted molar refractivity (Wildman–Crippen MR) is 98.9 cm³/mol. The van der Waals surface area contributed by atoms with E-state index in [1.54, 1.807) is 24.2 Å². The molecule has 0 amide bonds. The Hall–Kier alpha value is -1.70. The van der Waals surface area contributed by atoms with Crippen molar-refractivity contribution in [3.63, 3.8) is 0 Å². The summed E-state index contributed by atoms with van der Waals surface area (Å²) < 4.78 is 0. The maximum Gasteiger partial charge on any atom is 2.00 e. The van der Waals surface area contributed by atoms with Crippen molar-refractivity contribution >= 4 is 39.5 Å². The number of hydrogen-bond donors (Lipinski definition) is 1. The maximum atomic E-state index is 9.96. The summed E-state index contributed by atoms with van der Waals surface area (Å²) in [6.45, 7) is 0. The largest absolute Gasteiger partial charge is 2.00 e. The van der Waals surface area contributed by atoms with Gasteiger partial charge in [0.1, 0.15) is 0 Å². The number of thioether (sulfide) groups is 1. The Morgan fingerprint density at radius 3 is 1.92 bits per heavy atom. The van der Waals surface area contributed by atoms with Gasteiger partial charge in [-0.05, 0) is 30.6 Å². The predicted octanol–water partition coefficient (Wildman–Crippen LogP) is 0.574. The van der Waals surface area contributed by atoms with Crippen LogP contribution >= 0.6 is 11.8 Å². The van der Waals surface area contributed by atoms with Crippen LogP contribution in [0.2, 0.25) is 0 Å². The van der Waals surface area contributed by atoms with Gasteiger partial charge in [0.2, 0.25) is 0 Å². The topological polar surface area (TPSA) is 115 Å². The van der Waals surface area contributed by atoms with E-state index >= 15 is 0 Å². The zero-order valence-corrected chi connectivity index (χ0v) is 16.3. The molecule has 2 aromatic heterocycles. The van der Waals surface area contributed by atoms with E-state index in [-0.39, 0.29) is 17.1 Å². The van der Waals surface area contributed by atoms with Crippen LogP contribution in [0.1, 0.15) is 6.42 Å². The van der Waals surface area contributed by atoms with Gasteiger partial charge in [0, 0.05) is 29.2 Å². The molecule has 0 aliphatic rings. The van der Waals surface area contributed by atoms with E-state index in [2.05, 4.69) is 34.2 Å². The van der Waals surface area contributed by atoms with Crippen LogP contribution in [-0.4, -0.2) is 41.1 Å². The number of carbonyl (C=O) groups is 1. The van der Waals surface area contributed by atoms with Crippen LogP contribution in [0.25, 0.3) is 21.8 Å². The Morgan fingerprint density at radius 2 is 1.54 bits per heavy atom. The van der Waals surface area contributed by atoms with Crippen LogP contribution in [0.15, 0.2) is 48.8 Å². The molecule has 0 aliphatic heterocycles. The molecule has 26 heavy (non-hydrogen) atoms. The summed E-state index contributed by atoms with van der Waals surface area (Å²) in [5.41, 5.74) is 7.08. The Morgan fingerprint density at radius 1 is 1.08 bits per heavy atom. The van der Waals surface area contributed by atoms with Gasteiger partial charge in [0.25, 0.3) is 0 Å². The number of carboxylic acid groups (broad SMARTS) is 1. The first-order valence-electron chi connectivity index (χ1n) is 7.58. The van der Waals surface area contributed by atoms with Gasteiger partial charge in [-0.25, -0.2) is 0 Å². The van der Waals surface area contributed by atoms with Crippen molar-refractivity contribution in [3.05, 3.63) is 48.8 Å². The van der Waals surface area contributed by atoms with E-state index in [4.69, 9.17) is 10.8 Å². The molecule has 1 radical (unpaired) electrons. The molecule has 0 saturated carbocycles. The van der Waals surface area contributed by atoms with Gasteiger partial charge in [-0.3, -0.25) is 9.97 Å². The quantitative estimate of drug-likeness (QED) is 0.482. The molecule has 6 nitrogen and oxygen atoms in total. The number of aliphatic carboxylic acids is 1. The van der Waals surface area contributed by atoms with Crippen LogP contribution in [0.3, 0.4) is 0 Å². The number of nitrogens with two attached hydrogens (primary N) is 1. The standard InChI is InChI=1S/C12H8N2.C5H11NO2S.CH3O.Cu/c1-3-9-5-6-10-4-2-8-14-12(10)11(9)13-7-1;1-9-3-2-4(6)5(7)8;1-2;/h1-8H;4H,2-3,6H2,1H3,(H,7,8);1H3;/q;;-1;+2/p-1/t;4-;;/m.0../s1. The summed E-state index contributed by atoms with van der Waals surface area (Å²) >= 11 is 1.58. The van der Waals surface area contributed by atoms with Gasteiger partial charge in [0.05, 0.1) is 17.0 Å². The minimum atomic E-state index is -1.16. The van der Waals surface area contributed by atoms with Crippen molar-refractivity contribution < 1.29 is 32.1 Å². The Kier molecular flexibility index (Phi) is 12.6. The number of pyridine rings is 2. The maximum absolute atomic E-state index is 9.96. The molecule has 3 rings (SSSR count). The van der Waals surface area contributed by atoms with Crippen LogP contribution in [-0.2, 0) is 21.9 Å². The average molecular weight is 423 g/mol. The number of hydrogen-bond acceptors (Lipinski definition) is 7. The van der Waals surface area contributed by atoms with E-state index in [1.807, 2.05) is 18.4 Å². The fourth-order valence-electron chi connectivity index (χ4n) is 2.04. The van der Waals surface area contributed by atoms with E-state index in [0.29, 0.717) is 6.42 Å². The van der Waals surface area contributed by atoms with Gasteiger partial charge >= 0.3 is 17.1 Å². The van der Waals surface area contributed by atoms with E-state index in [0.717, 1.165) is 34.7 Å². The first-order chi connectivity index (χ1) is 12.1. The number of aromatic nitrogens is 2. The number of fused-ring (bicyclic) bond motifs is 3. The summed E-state index contributed by atoms with van der Waals surface area (Å²) in [6, 6.07) is 11.3. The number of carbonyl (C=O) groups excluding carboxylic acids is 1. The zero-order chi connectivity index (χ0) is 18.7. The van der Waals surface area contributed by atoms with Crippen LogP contribution in [0.5, 0.6) is 0 Å². The summed E-state index contributed by atoms with van der Waals surface area (Å²) in [6.07, 6.45) is 6.00. The van der Waals surface area contributed by atoms with Gasteiger partial charge in [-0.15, -0.1) is 0 Å². The van der Waals surface area contributed by atoms with E-state index in [9.17, 15) is 9.90 Å². The third-order valence-electron chi connectivity index (χ3n) is 3.28. The number of benzene rings is 1. The molecule has 3 aromatic rings. The Balaban J connectivity index is 0.000000461. The summed E-state index contributed by atoms with van der Waals surface area (Å²) in [7, 11) is 0.750. The minimum absolute atomic E-state index is 0. The number of carboxylic acids is 1. The summed E-state index contributed by atoms with van der Waals surface area (Å²) in [4.78, 5) is 18.7. The molecular weight excluding hydrogens is 402 g/mol. The van der Waals surface area contributed by atoms with Gasteiger partial charge in [0.15, 0.2) is 0 Å². The average Bonchev–Trinajstić information content (AvgIpc) is 2.68. The first kappa shape index (κ1) is 24.3. The van der Waals surface area contributed by atoms with Crippen LogP contribution in [0, 0.1) is 0 Å². The second-order valence-electron chi connectivity index (χ2n) is 4.92. The van der Waals surface area contributed by atoms with Gasteiger partial charge in [-0.1, -0.05) is 24.3 Å². The third-order valence-corrected chi connectivity index (χ3v) is 3.92. The van der Waals surface area contributed by atoms with E-state index < -0.39 is 12.0 Å². The van der Waals surface area contributed by atoms with Crippen molar-refractivity contribution in [2.45, 2.75) is 12.5 Å². The second kappa shape index (κ2) is 13.5. The molecule has 0 fully saturated rings. The molecule has 8 heteroatoms. The molecule has 0 unspecified atom stereocenters.